The Kier molecular flexibility index (Phi) is 6.54. The predicted molar refractivity (Wildman–Crippen MR) is 130 cm³/mol. The number of halogens is 1. The highest BCUT2D eigenvalue weighted by atomic mass is 19.1. The third kappa shape index (κ3) is 5.09. The van der Waals surface area contributed by atoms with E-state index in [1.54, 1.807) is 12.1 Å². The second-order valence-corrected chi connectivity index (χ2v) is 9.32. The van der Waals surface area contributed by atoms with Crippen molar-refractivity contribution in [2.75, 3.05) is 19.6 Å². The lowest BCUT2D eigenvalue weighted by molar-refractivity contribution is 0.0305. The maximum Gasteiger partial charge on any atom is 0.315 e. The van der Waals surface area contributed by atoms with Gasteiger partial charge < -0.3 is 10.6 Å². The molecule has 3 fully saturated rings. The zero-order chi connectivity index (χ0) is 23.5. The van der Waals surface area contributed by atoms with Crippen LogP contribution in [0.4, 0.5) is 9.18 Å². The summed E-state index contributed by atoms with van der Waals surface area (Å²) in [5, 5.41) is 6.00. The van der Waals surface area contributed by atoms with Crippen LogP contribution in [0.15, 0.2) is 60.7 Å². The average molecular weight is 460 g/mol. The number of carbonyl (C=O) groups is 1. The highest BCUT2D eigenvalue weighted by Crippen LogP contribution is 2.41. The van der Waals surface area contributed by atoms with E-state index in [1.165, 1.54) is 12.1 Å². The molecule has 0 spiro atoms. The molecule has 3 aliphatic rings. The molecule has 4 atom stereocenters. The van der Waals surface area contributed by atoms with E-state index in [9.17, 15) is 9.18 Å². The van der Waals surface area contributed by atoms with Crippen molar-refractivity contribution in [3.63, 3.8) is 0 Å². The van der Waals surface area contributed by atoms with Crippen LogP contribution in [-0.2, 0) is 6.54 Å². The monoisotopic (exact) mass is 459 g/mol. The summed E-state index contributed by atoms with van der Waals surface area (Å²) in [7, 11) is 0. The largest absolute Gasteiger partial charge is 0.337 e. The van der Waals surface area contributed by atoms with Gasteiger partial charge in [-0.05, 0) is 68.1 Å². The summed E-state index contributed by atoms with van der Waals surface area (Å²) in [5.74, 6) is 1.36. The molecule has 3 aromatic rings. The quantitative estimate of drug-likeness (QED) is 0.578. The average Bonchev–Trinajstić information content (AvgIpc) is 2.87. The molecule has 2 bridgehead atoms. The number of nitrogens with one attached hydrogen (secondary N) is 2. The van der Waals surface area contributed by atoms with Crippen molar-refractivity contribution >= 4 is 6.03 Å². The van der Waals surface area contributed by atoms with Crippen LogP contribution < -0.4 is 10.6 Å². The van der Waals surface area contributed by atoms with Gasteiger partial charge in [0.25, 0.3) is 0 Å². The Bertz CT molecular complexity index is 1140. The number of rotatable bonds is 6. The summed E-state index contributed by atoms with van der Waals surface area (Å²) in [6.45, 7) is 5.07. The van der Waals surface area contributed by atoms with Gasteiger partial charge in [-0.25, -0.2) is 19.2 Å². The molecular formula is C27H30FN5O. The smallest absolute Gasteiger partial charge is 0.315 e. The Balaban J connectivity index is 1.20. The summed E-state index contributed by atoms with van der Waals surface area (Å²) in [6.07, 6.45) is 2.18. The lowest BCUT2D eigenvalue weighted by Gasteiger charge is -2.49. The van der Waals surface area contributed by atoms with E-state index < -0.39 is 0 Å². The molecule has 1 aromatic heterocycles. The zero-order valence-electron chi connectivity index (χ0n) is 19.4. The van der Waals surface area contributed by atoms with E-state index in [0.29, 0.717) is 31.0 Å². The Labute approximate surface area is 199 Å². The fourth-order valence-corrected chi connectivity index (χ4v) is 5.29. The molecule has 6 rings (SSSR count). The molecule has 0 aliphatic carbocycles. The molecular weight excluding hydrogens is 429 g/mol. The van der Waals surface area contributed by atoms with Gasteiger partial charge >= 0.3 is 6.03 Å². The summed E-state index contributed by atoms with van der Waals surface area (Å²) < 4.78 is 13.4. The minimum Gasteiger partial charge on any atom is -0.337 e. The van der Waals surface area contributed by atoms with Crippen LogP contribution in [0.2, 0.25) is 0 Å². The number of fused-ring (bicyclic) bond motifs is 3. The Hall–Kier alpha value is -3.32. The third-order valence-electron chi connectivity index (χ3n) is 7.05. The summed E-state index contributed by atoms with van der Waals surface area (Å²) in [6, 6.07) is 18.7. The highest BCUT2D eigenvalue weighted by molar-refractivity contribution is 5.73. The minimum atomic E-state index is -0.249. The first-order valence-electron chi connectivity index (χ1n) is 12.0. The van der Waals surface area contributed by atoms with Crippen molar-refractivity contribution in [3.8, 4) is 11.3 Å². The Morgan fingerprint density at radius 2 is 1.88 bits per heavy atom. The first-order valence-corrected chi connectivity index (χ1v) is 12.0. The maximum absolute atomic E-state index is 13.4. The normalized spacial score (nSPS) is 23.5. The minimum absolute atomic E-state index is 0.126. The number of benzene rings is 2. The van der Waals surface area contributed by atoms with Crippen LogP contribution in [0.5, 0.6) is 0 Å². The SMILES string of the molecule is Cc1nc(-c2ccc(F)cc2)cc([C@H]2CN3CC[C@H]2C[C@@H]3CNC(=O)NCc2ccccc2)n1. The van der Waals surface area contributed by atoms with Gasteiger partial charge in [-0.2, -0.15) is 0 Å². The van der Waals surface area contributed by atoms with Crippen molar-refractivity contribution in [2.24, 2.45) is 5.92 Å². The van der Waals surface area contributed by atoms with Crippen molar-refractivity contribution in [1.82, 2.24) is 25.5 Å². The fourth-order valence-electron chi connectivity index (χ4n) is 5.29. The second kappa shape index (κ2) is 9.89. The van der Waals surface area contributed by atoms with Gasteiger partial charge in [-0.15, -0.1) is 0 Å². The standard InChI is InChI=1S/C27H30FN5O/c1-18-31-25(20-7-9-22(28)10-8-20)14-26(32-18)24-17-33-12-11-21(24)13-23(33)16-30-27(34)29-15-19-5-3-2-4-6-19/h2-10,14,21,23-24H,11-13,15-17H2,1H3,(H2,29,30,34)/t21-,23+,24-/m0/s1. The maximum atomic E-state index is 13.4. The molecule has 176 valence electrons. The van der Waals surface area contributed by atoms with Gasteiger partial charge in [0.2, 0.25) is 0 Å². The van der Waals surface area contributed by atoms with Crippen LogP contribution in [0.1, 0.15) is 35.8 Å². The molecule has 2 aromatic carbocycles. The summed E-state index contributed by atoms with van der Waals surface area (Å²) >= 11 is 0. The van der Waals surface area contributed by atoms with Gasteiger partial charge in [0.1, 0.15) is 11.6 Å². The molecule has 4 heterocycles. The summed E-state index contributed by atoms with van der Waals surface area (Å²) in [5.41, 5.74) is 3.89. The molecule has 3 saturated heterocycles. The fraction of sp³-hybridized carbons (Fsp3) is 0.370. The van der Waals surface area contributed by atoms with Gasteiger partial charge in [0, 0.05) is 42.9 Å². The van der Waals surface area contributed by atoms with Gasteiger partial charge in [0.15, 0.2) is 0 Å². The topological polar surface area (TPSA) is 70.2 Å². The molecule has 3 aliphatic heterocycles. The van der Waals surface area contributed by atoms with E-state index in [1.807, 2.05) is 37.3 Å². The Morgan fingerprint density at radius 1 is 1.09 bits per heavy atom. The van der Waals surface area contributed by atoms with E-state index >= 15 is 0 Å². The zero-order valence-corrected chi connectivity index (χ0v) is 19.4. The molecule has 0 saturated carbocycles. The van der Waals surface area contributed by atoms with Crippen LogP contribution in [0.3, 0.4) is 0 Å². The number of aryl methyl sites for hydroxylation is 1. The van der Waals surface area contributed by atoms with Crippen molar-refractivity contribution in [1.29, 1.82) is 0 Å². The second-order valence-electron chi connectivity index (χ2n) is 9.32. The predicted octanol–water partition coefficient (Wildman–Crippen LogP) is 4.27. The van der Waals surface area contributed by atoms with E-state index in [0.717, 1.165) is 54.3 Å². The molecule has 2 N–H and O–H groups in total. The van der Waals surface area contributed by atoms with Crippen molar-refractivity contribution in [3.05, 3.63) is 83.6 Å². The first kappa shape index (κ1) is 22.5. The van der Waals surface area contributed by atoms with Crippen LogP contribution in [0, 0.1) is 18.7 Å². The van der Waals surface area contributed by atoms with E-state index in [-0.39, 0.29) is 11.8 Å². The molecule has 6 nitrogen and oxygen atoms in total. The number of nitrogens with zero attached hydrogens (tertiary/aromatic N) is 3. The summed E-state index contributed by atoms with van der Waals surface area (Å²) in [4.78, 5) is 24.2. The van der Waals surface area contributed by atoms with Crippen LogP contribution in [-0.4, -0.2) is 46.6 Å². The number of amides is 2. The number of carbonyl (C=O) groups excluding carboxylic acids is 1. The first-order chi connectivity index (χ1) is 16.5. The van der Waals surface area contributed by atoms with Crippen molar-refractivity contribution in [2.45, 2.75) is 38.3 Å². The van der Waals surface area contributed by atoms with Gasteiger partial charge in [0.05, 0.1) is 5.69 Å². The molecule has 0 radical (unpaired) electrons. The van der Waals surface area contributed by atoms with Crippen molar-refractivity contribution < 1.29 is 9.18 Å². The third-order valence-corrected chi connectivity index (χ3v) is 7.05. The van der Waals surface area contributed by atoms with Gasteiger partial charge in [-0.1, -0.05) is 30.3 Å². The lowest BCUT2D eigenvalue weighted by atomic mass is 9.74. The lowest BCUT2D eigenvalue weighted by Crippen LogP contribution is -2.56. The highest BCUT2D eigenvalue weighted by Gasteiger charge is 2.41. The van der Waals surface area contributed by atoms with E-state index in [4.69, 9.17) is 4.98 Å². The molecule has 7 heteroatoms. The number of piperidine rings is 3. The molecule has 2 amide bonds. The number of aromatic nitrogens is 2. The molecule has 34 heavy (non-hydrogen) atoms. The number of hydrogen-bond donors (Lipinski definition) is 2. The number of urea groups is 1. The molecule has 1 unspecified atom stereocenters. The Morgan fingerprint density at radius 3 is 2.62 bits per heavy atom. The number of hydrogen-bond acceptors (Lipinski definition) is 4. The van der Waals surface area contributed by atoms with Gasteiger partial charge in [-0.3, -0.25) is 4.90 Å². The van der Waals surface area contributed by atoms with Crippen LogP contribution in [0.25, 0.3) is 11.3 Å². The van der Waals surface area contributed by atoms with Crippen LogP contribution >= 0.6 is 0 Å². The van der Waals surface area contributed by atoms with E-state index in [2.05, 4.69) is 26.6 Å².